The molecular weight excluding hydrogens is 1100 g/mol. The number of phosphoric acid groups is 4. The van der Waals surface area contributed by atoms with Gasteiger partial charge in [-0.25, -0.2) is 42.6 Å². The van der Waals surface area contributed by atoms with Crippen LogP contribution < -0.4 is 38.6 Å². The van der Waals surface area contributed by atoms with Gasteiger partial charge in [0.15, 0.2) is 30.2 Å². The number of hydrogen-bond donors (Lipinski definition) is 12. The van der Waals surface area contributed by atoms with E-state index < -0.39 is 154 Å². The van der Waals surface area contributed by atoms with Crippen molar-refractivity contribution in [3.63, 3.8) is 0 Å². The lowest BCUT2D eigenvalue weighted by molar-refractivity contribution is -0.745. The van der Waals surface area contributed by atoms with Gasteiger partial charge < -0.3 is 71.0 Å². The van der Waals surface area contributed by atoms with Gasteiger partial charge in [-0.05, 0) is 0 Å². The van der Waals surface area contributed by atoms with E-state index in [-0.39, 0.29) is 34.1 Å². The highest BCUT2D eigenvalue weighted by atomic mass is 31.3. The van der Waals surface area contributed by atoms with Crippen molar-refractivity contribution in [3.8, 4) is 0 Å². The lowest BCUT2D eigenvalue weighted by Crippen LogP contribution is -2.45. The predicted molar refractivity (Wildman–Crippen MR) is 239 cm³/mol. The number of carbonyl (C=O) groups is 1. The van der Waals surface area contributed by atoms with E-state index in [1.165, 1.54) is 22.5 Å². The zero-order chi connectivity index (χ0) is 54.7. The molecule has 3 fully saturated rings. The van der Waals surface area contributed by atoms with Crippen LogP contribution in [0.15, 0.2) is 45.6 Å². The molecule has 0 radical (unpaired) electrons. The number of phosphoric ester groups is 3. The van der Waals surface area contributed by atoms with Crippen LogP contribution >= 0.6 is 31.3 Å². The molecule has 0 aliphatic carbocycles. The number of aryl methyl sites for hydroxylation is 1. The molecule has 38 nitrogen and oxygen atoms in total. The summed E-state index contributed by atoms with van der Waals surface area (Å²) in [6.07, 6.45) is -14.7. The second-order valence-electron chi connectivity index (χ2n) is 16.6. The number of aromatic amines is 2. The first-order chi connectivity index (χ1) is 35.1. The summed E-state index contributed by atoms with van der Waals surface area (Å²) in [5.74, 6) is -2.71. The Morgan fingerprint density at radius 1 is 0.800 bits per heavy atom. The topological polar surface area (TPSA) is 550 Å². The molecule has 0 saturated carbocycles. The molecule has 5 aromatic heterocycles. The van der Waals surface area contributed by atoms with Gasteiger partial charge >= 0.3 is 42.6 Å². The largest absolute Gasteiger partial charge is 0.490 e. The lowest BCUT2D eigenvalue weighted by atomic mass is 9.94. The van der Waals surface area contributed by atoms with Crippen LogP contribution in [0.4, 0.5) is 11.8 Å². The molecule has 16 atom stereocenters. The third-order valence-corrected chi connectivity index (χ3v) is 16.8. The Morgan fingerprint density at radius 3 is 2.09 bits per heavy atom. The van der Waals surface area contributed by atoms with Gasteiger partial charge in [0.2, 0.25) is 17.7 Å². The van der Waals surface area contributed by atoms with Gasteiger partial charge in [0.05, 0.1) is 39.3 Å². The van der Waals surface area contributed by atoms with E-state index in [0.717, 1.165) is 41.2 Å². The number of aromatic nitrogens is 10. The molecule has 412 valence electrons. The zero-order valence-electron chi connectivity index (χ0n) is 38.2. The van der Waals surface area contributed by atoms with Crippen molar-refractivity contribution in [3.05, 3.63) is 62.4 Å². The van der Waals surface area contributed by atoms with Gasteiger partial charge in [0, 0.05) is 31.7 Å². The van der Waals surface area contributed by atoms with Crippen molar-refractivity contribution >= 4 is 71.3 Å². The summed E-state index contributed by atoms with van der Waals surface area (Å²) >= 11 is 0. The van der Waals surface area contributed by atoms with E-state index in [1.807, 2.05) is 4.98 Å². The van der Waals surface area contributed by atoms with Crippen LogP contribution in [0, 0.1) is 5.92 Å². The third-order valence-electron chi connectivity index (χ3n) is 11.6. The van der Waals surface area contributed by atoms with E-state index in [1.54, 1.807) is 0 Å². The standard InChI is InChI=1S/C33H45N13O25P4/c1-43-11-46(27-19(43)28(52)42-32(36)41-27)29-20(49)12(5-16(34)47)13(66-29)6-64-73(56,57)70-75(60,61)71-74(58,59)65-8-15-23(24(62-2)31(68-15)45-10-39-18-25(35)37-9-38-26(18)45)69-72(54,55)63-7-14-21(50)22(51)30(67-14)44-4-3-17(48)40-33(44)53/h3-4,9-15,20-24,29-31,49-51H,5-8H2,1-2H3,(H11-,34,35,36,37,38,40,41,42,47,48,52,53,54,55,56,57,58,59,60,61)/p+1/t12?,13-,14-,15-,20-,21-,22-,23-,24-,29?,30-,31-/m1/s1. The molecule has 8 rings (SSSR count). The van der Waals surface area contributed by atoms with E-state index in [9.17, 15) is 72.3 Å². The van der Waals surface area contributed by atoms with Gasteiger partial charge in [0.1, 0.15) is 54.6 Å². The molecule has 0 bridgehead atoms. The number of carbonyl (C=O) groups excluding carboxylic acids is 1. The molecular formula is C33H46N13O25P4+. The zero-order valence-corrected chi connectivity index (χ0v) is 41.8. The first kappa shape index (κ1) is 56.1. The average molecular weight is 1150 g/mol. The Morgan fingerprint density at radius 2 is 1.44 bits per heavy atom. The fraction of sp³-hybridized carbons (Fsp3) is 0.545. The highest BCUT2D eigenvalue weighted by molar-refractivity contribution is 7.66. The Bertz CT molecular complexity index is 3350. The summed E-state index contributed by atoms with van der Waals surface area (Å²) in [7, 11) is -21.0. The van der Waals surface area contributed by atoms with Gasteiger partial charge in [-0.3, -0.25) is 56.1 Å². The number of nitrogens with two attached hydrogens (primary N) is 3. The minimum Gasteiger partial charge on any atom is -0.387 e. The van der Waals surface area contributed by atoms with Crippen LogP contribution in [0.25, 0.3) is 22.3 Å². The predicted octanol–water partition coefficient (Wildman–Crippen LogP) is -4.75. The summed E-state index contributed by atoms with van der Waals surface area (Å²) in [5.41, 5.74) is 14.4. The normalized spacial score (nSPS) is 30.3. The quantitative estimate of drug-likeness (QED) is 0.0242. The average Bonchev–Trinajstić information content (AvgIpc) is 4.10. The number of nitrogens with one attached hydrogen (secondary N) is 2. The minimum absolute atomic E-state index is 0.00569. The van der Waals surface area contributed by atoms with Crippen molar-refractivity contribution in [1.82, 2.24) is 43.6 Å². The Hall–Kier alpha value is -5.11. The van der Waals surface area contributed by atoms with Crippen LogP contribution in [0.5, 0.6) is 0 Å². The van der Waals surface area contributed by atoms with Gasteiger partial charge in [0.25, 0.3) is 17.1 Å². The maximum Gasteiger partial charge on any atom is 0.490 e. The summed E-state index contributed by atoms with van der Waals surface area (Å²) in [6.45, 7) is -3.41. The van der Waals surface area contributed by atoms with Gasteiger partial charge in [-0.15, -0.1) is 0 Å². The van der Waals surface area contributed by atoms with Crippen LogP contribution in [-0.2, 0) is 75.8 Å². The number of ether oxygens (including phenoxy) is 4. The van der Waals surface area contributed by atoms with Crippen molar-refractivity contribution < 1.29 is 108 Å². The highest BCUT2D eigenvalue weighted by Gasteiger charge is 2.54. The molecule has 75 heavy (non-hydrogen) atoms. The summed E-state index contributed by atoms with van der Waals surface area (Å²) < 4.78 is 109. The first-order valence-corrected chi connectivity index (χ1v) is 27.2. The smallest absolute Gasteiger partial charge is 0.387 e. The van der Waals surface area contributed by atoms with Crippen LogP contribution in [0.2, 0.25) is 0 Å². The second-order valence-corrected chi connectivity index (χ2v) is 22.6. The molecule has 8 heterocycles. The Kier molecular flexibility index (Phi) is 16.0. The molecule has 42 heteroatoms. The number of aliphatic hydroxyl groups is 3. The highest BCUT2D eigenvalue weighted by Crippen LogP contribution is 2.68. The number of hydrogen-bond acceptors (Lipinski definition) is 27. The SMILES string of the molecule is CO[C@@H]1[C@H](OP(=O)(O)OC[C@H]2O[C@@H](n3ccc(=O)[nH]c3=O)[C@H](O)[C@@H]2O)[C@@H](COP(=O)(O)OP(=O)(O)OP(=O)(O)OC[C@H]2OC([n+]3cn(C)c4c(=O)[nH]c(N)nc43)[C@H](O)C2CC(N)=O)O[C@H]1n1cnc2c(N)ncnc21. The number of amides is 1. The number of rotatable bonds is 21. The van der Waals surface area contributed by atoms with E-state index in [0.29, 0.717) is 0 Å². The molecule has 0 aromatic carbocycles. The molecule has 1 amide bonds. The van der Waals surface area contributed by atoms with Crippen LogP contribution in [0.1, 0.15) is 25.1 Å². The molecule has 15 N–H and O–H groups in total. The monoisotopic (exact) mass is 1150 g/mol. The molecule has 5 aromatic rings. The molecule has 3 aliphatic heterocycles. The van der Waals surface area contributed by atoms with Crippen molar-refractivity contribution in [2.45, 2.75) is 73.9 Å². The number of fused-ring (bicyclic) bond motifs is 2. The minimum atomic E-state index is -6.24. The Labute approximate surface area is 415 Å². The van der Waals surface area contributed by atoms with E-state index in [2.05, 4.69) is 33.5 Å². The number of primary amides is 1. The number of H-pyrrole nitrogens is 2. The van der Waals surface area contributed by atoms with E-state index in [4.69, 9.17) is 54.2 Å². The molecule has 6 unspecified atom stereocenters. The Balaban J connectivity index is 0.944. The van der Waals surface area contributed by atoms with Crippen molar-refractivity contribution in [2.75, 3.05) is 38.4 Å². The van der Waals surface area contributed by atoms with Crippen LogP contribution in [-0.4, -0.2) is 160 Å². The van der Waals surface area contributed by atoms with E-state index >= 15 is 0 Å². The third kappa shape index (κ3) is 12.1. The van der Waals surface area contributed by atoms with Gasteiger partial charge in [-0.1, -0.05) is 4.98 Å². The summed E-state index contributed by atoms with van der Waals surface area (Å²) in [6, 6.07) is 0.918. The molecule has 0 spiro atoms. The number of nitrogen functional groups attached to an aromatic ring is 2. The number of aliphatic hydroxyl groups excluding tert-OH is 3. The summed E-state index contributed by atoms with van der Waals surface area (Å²) in [4.78, 5) is 111. The maximum atomic E-state index is 13.6. The number of methoxy groups -OCH3 is 1. The fourth-order valence-corrected chi connectivity index (χ4v) is 12.8. The molecule has 3 aliphatic rings. The summed E-state index contributed by atoms with van der Waals surface area (Å²) in [5, 5.41) is 32.5. The first-order valence-electron chi connectivity index (χ1n) is 21.3. The van der Waals surface area contributed by atoms with Crippen molar-refractivity contribution in [2.24, 2.45) is 18.7 Å². The van der Waals surface area contributed by atoms with Crippen molar-refractivity contribution in [1.29, 1.82) is 0 Å². The maximum absolute atomic E-state index is 13.6. The molecule has 3 saturated heterocycles. The van der Waals surface area contributed by atoms with Gasteiger partial charge in [-0.2, -0.15) is 8.62 Å². The fourth-order valence-electron chi connectivity index (χ4n) is 8.36. The lowest BCUT2D eigenvalue weighted by Gasteiger charge is -2.26. The number of imidazole rings is 2. The number of nitrogens with zero attached hydrogens (tertiary/aromatic N) is 8. The van der Waals surface area contributed by atoms with Crippen LogP contribution in [0.3, 0.4) is 0 Å². The second kappa shape index (κ2) is 21.4. The number of anilines is 2.